The number of ether oxygens (including phenoxy) is 1. The van der Waals surface area contributed by atoms with Crippen molar-refractivity contribution < 1.29 is 13.9 Å². The molecule has 1 saturated carbocycles. The fourth-order valence-corrected chi connectivity index (χ4v) is 2.73. The third-order valence-electron chi connectivity index (χ3n) is 3.82. The predicted octanol–water partition coefficient (Wildman–Crippen LogP) is 3.39. The average Bonchev–Trinajstić information content (AvgIpc) is 3.07. The number of benzene rings is 1. The number of carbonyl (C=O) groups excluding carboxylic acids is 1. The van der Waals surface area contributed by atoms with Crippen molar-refractivity contribution in [1.29, 1.82) is 0 Å². The van der Waals surface area contributed by atoms with Crippen LogP contribution in [0.25, 0.3) is 11.5 Å². The smallest absolute Gasteiger partial charge is 0.339 e. The van der Waals surface area contributed by atoms with E-state index in [9.17, 15) is 4.79 Å². The summed E-state index contributed by atoms with van der Waals surface area (Å²) in [6, 6.07) is 7.17. The maximum atomic E-state index is 12.4. The maximum absolute atomic E-state index is 12.4. The highest BCUT2D eigenvalue weighted by atomic mass is 16.5. The SMILES string of the molecule is Cc1nnc(-c2ccccc2C(=O)O[C@H]2CC[C@@H](C)C2)o1. The second-order valence-corrected chi connectivity index (χ2v) is 5.62. The molecular weight excluding hydrogens is 268 g/mol. The molecular formula is C16H18N2O3. The van der Waals surface area contributed by atoms with Crippen LogP contribution >= 0.6 is 0 Å². The number of esters is 1. The lowest BCUT2D eigenvalue weighted by molar-refractivity contribution is 0.0311. The fraction of sp³-hybridized carbons (Fsp3) is 0.438. The van der Waals surface area contributed by atoms with Crippen LogP contribution in [0.4, 0.5) is 0 Å². The predicted molar refractivity (Wildman–Crippen MR) is 76.7 cm³/mol. The lowest BCUT2D eigenvalue weighted by Gasteiger charge is -2.13. The first-order chi connectivity index (χ1) is 10.1. The van der Waals surface area contributed by atoms with Crippen molar-refractivity contribution in [2.24, 2.45) is 5.92 Å². The van der Waals surface area contributed by atoms with Gasteiger partial charge in [-0.3, -0.25) is 0 Å². The summed E-state index contributed by atoms with van der Waals surface area (Å²) >= 11 is 0. The van der Waals surface area contributed by atoms with Gasteiger partial charge in [-0.25, -0.2) is 4.79 Å². The zero-order valence-electron chi connectivity index (χ0n) is 12.2. The Morgan fingerprint density at radius 3 is 2.76 bits per heavy atom. The molecule has 5 heteroatoms. The van der Waals surface area contributed by atoms with E-state index in [0.29, 0.717) is 28.8 Å². The van der Waals surface area contributed by atoms with E-state index < -0.39 is 0 Å². The molecule has 0 radical (unpaired) electrons. The molecule has 2 atom stereocenters. The Bertz CT molecular complexity index is 650. The molecule has 0 unspecified atom stereocenters. The van der Waals surface area contributed by atoms with Crippen molar-refractivity contribution in [3.05, 3.63) is 35.7 Å². The summed E-state index contributed by atoms with van der Waals surface area (Å²) in [5.41, 5.74) is 1.09. The quantitative estimate of drug-likeness (QED) is 0.809. The van der Waals surface area contributed by atoms with Crippen molar-refractivity contribution in [3.63, 3.8) is 0 Å². The Kier molecular flexibility index (Phi) is 3.73. The highest BCUT2D eigenvalue weighted by Gasteiger charge is 2.26. The zero-order chi connectivity index (χ0) is 14.8. The third-order valence-corrected chi connectivity index (χ3v) is 3.82. The van der Waals surface area contributed by atoms with Gasteiger partial charge in [0.25, 0.3) is 0 Å². The number of aryl methyl sites for hydroxylation is 1. The standard InChI is InChI=1S/C16H18N2O3/c1-10-7-8-12(9-10)21-16(19)14-6-4-3-5-13(14)15-18-17-11(2)20-15/h3-6,10,12H,7-9H2,1-2H3/t10-,12+/m1/s1. The molecule has 1 fully saturated rings. The van der Waals surface area contributed by atoms with E-state index in [1.165, 1.54) is 0 Å². The number of rotatable bonds is 3. The Hall–Kier alpha value is -2.17. The lowest BCUT2D eigenvalue weighted by atomic mass is 10.1. The van der Waals surface area contributed by atoms with Gasteiger partial charge in [0, 0.05) is 6.92 Å². The molecule has 0 N–H and O–H groups in total. The molecule has 3 rings (SSSR count). The van der Waals surface area contributed by atoms with Gasteiger partial charge < -0.3 is 9.15 Å². The van der Waals surface area contributed by atoms with Crippen molar-refractivity contribution in [2.75, 3.05) is 0 Å². The number of hydrogen-bond donors (Lipinski definition) is 0. The van der Waals surface area contributed by atoms with Gasteiger partial charge in [0.2, 0.25) is 11.8 Å². The zero-order valence-corrected chi connectivity index (χ0v) is 12.2. The van der Waals surface area contributed by atoms with Crippen LogP contribution in [-0.4, -0.2) is 22.3 Å². The van der Waals surface area contributed by atoms with Gasteiger partial charge in [0.05, 0.1) is 11.1 Å². The van der Waals surface area contributed by atoms with Crippen LogP contribution in [0.1, 0.15) is 42.4 Å². The summed E-state index contributed by atoms with van der Waals surface area (Å²) < 4.78 is 11.0. The maximum Gasteiger partial charge on any atom is 0.339 e. The topological polar surface area (TPSA) is 65.2 Å². The van der Waals surface area contributed by atoms with E-state index in [-0.39, 0.29) is 12.1 Å². The Morgan fingerprint density at radius 1 is 1.29 bits per heavy atom. The number of nitrogens with zero attached hydrogens (tertiary/aromatic N) is 2. The van der Waals surface area contributed by atoms with Crippen LogP contribution in [0.2, 0.25) is 0 Å². The third kappa shape index (κ3) is 2.96. The van der Waals surface area contributed by atoms with Gasteiger partial charge in [-0.2, -0.15) is 0 Å². The first-order valence-electron chi connectivity index (χ1n) is 7.24. The van der Waals surface area contributed by atoms with E-state index in [4.69, 9.17) is 9.15 Å². The molecule has 1 aromatic carbocycles. The largest absolute Gasteiger partial charge is 0.459 e. The van der Waals surface area contributed by atoms with Crippen molar-refractivity contribution >= 4 is 5.97 Å². The van der Waals surface area contributed by atoms with Crippen molar-refractivity contribution in [1.82, 2.24) is 10.2 Å². The van der Waals surface area contributed by atoms with E-state index in [2.05, 4.69) is 17.1 Å². The minimum atomic E-state index is -0.319. The number of carbonyl (C=O) groups is 1. The molecule has 0 saturated heterocycles. The van der Waals surface area contributed by atoms with E-state index in [1.54, 1.807) is 25.1 Å². The van der Waals surface area contributed by atoms with Gasteiger partial charge in [-0.05, 0) is 37.3 Å². The van der Waals surface area contributed by atoms with Crippen LogP contribution in [0.5, 0.6) is 0 Å². The number of aromatic nitrogens is 2. The highest BCUT2D eigenvalue weighted by molar-refractivity contribution is 5.96. The first kappa shape index (κ1) is 13.8. The van der Waals surface area contributed by atoms with Gasteiger partial charge in [-0.15, -0.1) is 10.2 Å². The molecule has 0 aliphatic heterocycles. The molecule has 0 amide bonds. The molecule has 1 heterocycles. The first-order valence-corrected chi connectivity index (χ1v) is 7.24. The summed E-state index contributed by atoms with van der Waals surface area (Å²) in [7, 11) is 0. The van der Waals surface area contributed by atoms with Gasteiger partial charge in [-0.1, -0.05) is 19.1 Å². The van der Waals surface area contributed by atoms with Crippen LogP contribution in [-0.2, 0) is 4.74 Å². The summed E-state index contributed by atoms with van der Waals surface area (Å²) in [6.07, 6.45) is 3.01. The Balaban J connectivity index is 1.83. The minimum Gasteiger partial charge on any atom is -0.459 e. The highest BCUT2D eigenvalue weighted by Crippen LogP contribution is 2.29. The van der Waals surface area contributed by atoms with Gasteiger partial charge >= 0.3 is 5.97 Å². The molecule has 5 nitrogen and oxygen atoms in total. The molecule has 1 aliphatic carbocycles. The molecule has 1 aromatic heterocycles. The van der Waals surface area contributed by atoms with Crippen molar-refractivity contribution in [3.8, 4) is 11.5 Å². The van der Waals surface area contributed by atoms with Crippen LogP contribution in [0.15, 0.2) is 28.7 Å². The van der Waals surface area contributed by atoms with Crippen LogP contribution in [0, 0.1) is 12.8 Å². The second-order valence-electron chi connectivity index (χ2n) is 5.62. The molecule has 0 bridgehead atoms. The second kappa shape index (κ2) is 5.68. The van der Waals surface area contributed by atoms with Crippen LogP contribution in [0.3, 0.4) is 0 Å². The van der Waals surface area contributed by atoms with E-state index in [1.807, 2.05) is 6.07 Å². The summed E-state index contributed by atoms with van der Waals surface area (Å²) in [6.45, 7) is 3.90. The Labute approximate surface area is 123 Å². The normalized spacial score (nSPS) is 21.4. The molecule has 0 spiro atoms. The molecule has 21 heavy (non-hydrogen) atoms. The fourth-order valence-electron chi connectivity index (χ4n) is 2.73. The lowest BCUT2D eigenvalue weighted by Crippen LogP contribution is -2.16. The van der Waals surface area contributed by atoms with E-state index >= 15 is 0 Å². The molecule has 1 aliphatic rings. The molecule has 2 aromatic rings. The monoisotopic (exact) mass is 286 g/mol. The van der Waals surface area contributed by atoms with Gasteiger partial charge in [0.15, 0.2) is 0 Å². The number of hydrogen-bond acceptors (Lipinski definition) is 5. The minimum absolute atomic E-state index is 0.0185. The van der Waals surface area contributed by atoms with Crippen LogP contribution < -0.4 is 0 Å². The summed E-state index contributed by atoms with van der Waals surface area (Å²) in [5.74, 6) is 1.12. The van der Waals surface area contributed by atoms with Gasteiger partial charge in [0.1, 0.15) is 6.10 Å². The molecule has 110 valence electrons. The Morgan fingerprint density at radius 2 is 2.10 bits per heavy atom. The van der Waals surface area contributed by atoms with Crippen molar-refractivity contribution in [2.45, 2.75) is 39.2 Å². The van der Waals surface area contributed by atoms with E-state index in [0.717, 1.165) is 19.3 Å². The summed E-state index contributed by atoms with van der Waals surface area (Å²) in [5, 5.41) is 7.79. The summed E-state index contributed by atoms with van der Waals surface area (Å²) in [4.78, 5) is 12.4. The average molecular weight is 286 g/mol.